The molecule has 2 fully saturated rings. The largest absolute Gasteiger partial charge is 0.378 e. The molecule has 124 valence electrons. The number of hydrogen-bond acceptors (Lipinski definition) is 6. The van der Waals surface area contributed by atoms with Crippen LogP contribution in [0.2, 0.25) is 0 Å². The Balaban J connectivity index is 1.76. The van der Waals surface area contributed by atoms with E-state index in [9.17, 15) is 8.42 Å². The third-order valence-corrected chi connectivity index (χ3v) is 6.49. The van der Waals surface area contributed by atoms with Crippen LogP contribution in [-0.4, -0.2) is 48.4 Å². The summed E-state index contributed by atoms with van der Waals surface area (Å²) in [5.41, 5.74) is 0. The fourth-order valence-corrected chi connectivity index (χ4v) is 5.34. The molecule has 0 amide bonds. The Morgan fingerprint density at radius 2 is 2.05 bits per heavy atom. The number of nitrogens with zero attached hydrogens (tertiary/aromatic N) is 3. The Bertz CT molecular complexity index is 595. The topological polar surface area (TPSA) is 85.5 Å². The van der Waals surface area contributed by atoms with Crippen molar-refractivity contribution in [3.8, 4) is 0 Å². The Morgan fingerprint density at radius 1 is 1.27 bits per heavy atom. The van der Waals surface area contributed by atoms with Crippen molar-refractivity contribution in [2.75, 3.05) is 25.5 Å². The zero-order chi connectivity index (χ0) is 15.6. The van der Waals surface area contributed by atoms with Crippen LogP contribution in [0, 0.1) is 12.8 Å². The van der Waals surface area contributed by atoms with Gasteiger partial charge >= 0.3 is 0 Å². The van der Waals surface area contributed by atoms with Gasteiger partial charge in [-0.15, -0.1) is 0 Å². The molecule has 1 atom stereocenters. The molecule has 8 heteroatoms. The lowest BCUT2D eigenvalue weighted by Crippen LogP contribution is -2.45. The van der Waals surface area contributed by atoms with E-state index in [1.165, 1.54) is 10.7 Å². The van der Waals surface area contributed by atoms with Crippen LogP contribution >= 0.6 is 0 Å². The normalized spacial score (nSPS) is 25.4. The molecular weight excluding hydrogens is 306 g/mol. The number of sulfonamides is 1. The summed E-state index contributed by atoms with van der Waals surface area (Å²) in [6, 6.07) is -0.472. The summed E-state index contributed by atoms with van der Waals surface area (Å²) in [5, 5.41) is 3.88. The third kappa shape index (κ3) is 3.49. The molecular formula is C14H23N3O4S. The van der Waals surface area contributed by atoms with Gasteiger partial charge in [-0.3, -0.25) is 0 Å². The highest BCUT2D eigenvalue weighted by atomic mass is 32.2. The van der Waals surface area contributed by atoms with Gasteiger partial charge in [-0.25, -0.2) is 8.42 Å². The monoisotopic (exact) mass is 329 g/mol. The first-order valence-electron chi connectivity index (χ1n) is 7.94. The molecule has 22 heavy (non-hydrogen) atoms. The van der Waals surface area contributed by atoms with E-state index in [1.54, 1.807) is 6.92 Å². The van der Waals surface area contributed by atoms with Gasteiger partial charge < -0.3 is 9.26 Å². The molecule has 0 bridgehead atoms. The second-order valence-electron chi connectivity index (χ2n) is 6.16. The predicted molar refractivity (Wildman–Crippen MR) is 79.7 cm³/mol. The molecule has 2 aliphatic rings. The van der Waals surface area contributed by atoms with Crippen molar-refractivity contribution in [1.29, 1.82) is 0 Å². The van der Waals surface area contributed by atoms with Gasteiger partial charge in [0.25, 0.3) is 0 Å². The van der Waals surface area contributed by atoms with E-state index in [0.717, 1.165) is 25.7 Å². The van der Waals surface area contributed by atoms with Crippen LogP contribution in [0.1, 0.15) is 49.9 Å². The second kappa shape index (κ2) is 6.64. The number of aromatic nitrogens is 2. The van der Waals surface area contributed by atoms with Gasteiger partial charge in [0.2, 0.25) is 15.9 Å². The van der Waals surface area contributed by atoms with Crippen LogP contribution in [0.25, 0.3) is 0 Å². The molecule has 3 rings (SSSR count). The lowest BCUT2D eigenvalue weighted by molar-refractivity contribution is 0.0280. The molecule has 7 nitrogen and oxygen atoms in total. The maximum absolute atomic E-state index is 12.8. The molecule has 0 spiro atoms. The van der Waals surface area contributed by atoms with E-state index >= 15 is 0 Å². The smallest absolute Gasteiger partial charge is 0.223 e. The Labute approximate surface area is 131 Å². The zero-order valence-corrected chi connectivity index (χ0v) is 13.7. The maximum Gasteiger partial charge on any atom is 0.223 e. The van der Waals surface area contributed by atoms with Gasteiger partial charge in [0, 0.05) is 13.5 Å². The fourth-order valence-electron chi connectivity index (χ4n) is 3.32. The lowest BCUT2D eigenvalue weighted by Gasteiger charge is -2.34. The predicted octanol–water partition coefficient (Wildman–Crippen LogP) is 1.66. The van der Waals surface area contributed by atoms with Crippen molar-refractivity contribution in [2.24, 2.45) is 5.92 Å². The van der Waals surface area contributed by atoms with Gasteiger partial charge in [0.05, 0.1) is 19.0 Å². The Morgan fingerprint density at radius 3 is 2.73 bits per heavy atom. The molecule has 1 aliphatic heterocycles. The van der Waals surface area contributed by atoms with Gasteiger partial charge in [-0.2, -0.15) is 9.29 Å². The zero-order valence-electron chi connectivity index (χ0n) is 12.9. The highest BCUT2D eigenvalue weighted by Gasteiger charge is 2.37. The van der Waals surface area contributed by atoms with E-state index in [2.05, 4.69) is 10.1 Å². The summed E-state index contributed by atoms with van der Waals surface area (Å²) in [4.78, 5) is 4.18. The summed E-state index contributed by atoms with van der Waals surface area (Å²) in [6.07, 6.45) is 5.51. The number of aryl methyl sites for hydroxylation is 1. The van der Waals surface area contributed by atoms with Crippen LogP contribution in [-0.2, 0) is 14.8 Å². The first-order chi connectivity index (χ1) is 10.6. The second-order valence-corrected chi connectivity index (χ2v) is 8.12. The average Bonchev–Trinajstić information content (AvgIpc) is 2.94. The average molecular weight is 329 g/mol. The minimum Gasteiger partial charge on any atom is -0.378 e. The van der Waals surface area contributed by atoms with Crippen LogP contribution in [0.3, 0.4) is 0 Å². The summed E-state index contributed by atoms with van der Waals surface area (Å²) < 4.78 is 37.6. The van der Waals surface area contributed by atoms with Crippen molar-refractivity contribution in [1.82, 2.24) is 14.4 Å². The molecule has 1 aromatic heterocycles. The molecule has 1 saturated carbocycles. The van der Waals surface area contributed by atoms with E-state index in [4.69, 9.17) is 9.26 Å². The highest BCUT2D eigenvalue weighted by molar-refractivity contribution is 7.89. The minimum atomic E-state index is -3.34. The van der Waals surface area contributed by atoms with Crippen molar-refractivity contribution in [3.63, 3.8) is 0 Å². The SMILES string of the molecule is Cc1nc(C2COCCN2S(=O)(=O)CC2CCCCC2)no1. The maximum atomic E-state index is 12.8. The summed E-state index contributed by atoms with van der Waals surface area (Å²) in [6.45, 7) is 2.74. The molecule has 1 aromatic rings. The van der Waals surface area contributed by atoms with Crippen molar-refractivity contribution < 1.29 is 17.7 Å². The van der Waals surface area contributed by atoms with Crippen molar-refractivity contribution >= 4 is 10.0 Å². The number of morpholine rings is 1. The van der Waals surface area contributed by atoms with E-state index in [1.807, 2.05) is 0 Å². The highest BCUT2D eigenvalue weighted by Crippen LogP contribution is 2.30. The number of rotatable bonds is 4. The Kier molecular flexibility index (Phi) is 4.79. The summed E-state index contributed by atoms with van der Waals surface area (Å²) in [5.74, 6) is 1.32. The van der Waals surface area contributed by atoms with Gasteiger partial charge in [-0.1, -0.05) is 24.4 Å². The number of ether oxygens (including phenoxy) is 1. The molecule has 0 aromatic carbocycles. The molecule has 1 aliphatic carbocycles. The standard InChI is InChI=1S/C14H23N3O4S/c1-11-15-14(16-21-11)13-9-20-8-7-17(13)22(18,19)10-12-5-3-2-4-6-12/h12-13H,2-10H2,1H3. The van der Waals surface area contributed by atoms with E-state index < -0.39 is 16.1 Å². The molecule has 2 heterocycles. The molecule has 0 N–H and O–H groups in total. The summed E-state index contributed by atoms with van der Waals surface area (Å²) >= 11 is 0. The molecule has 0 radical (unpaired) electrons. The fraction of sp³-hybridized carbons (Fsp3) is 0.857. The molecule has 1 saturated heterocycles. The first kappa shape index (κ1) is 15.9. The van der Waals surface area contributed by atoms with Crippen LogP contribution in [0.5, 0.6) is 0 Å². The minimum absolute atomic E-state index is 0.223. The van der Waals surface area contributed by atoms with Crippen LogP contribution < -0.4 is 0 Å². The third-order valence-electron chi connectivity index (χ3n) is 4.45. The van der Waals surface area contributed by atoms with Gasteiger partial charge in [0.1, 0.15) is 6.04 Å². The molecule has 1 unspecified atom stereocenters. The van der Waals surface area contributed by atoms with Gasteiger partial charge in [0.15, 0.2) is 5.82 Å². The lowest BCUT2D eigenvalue weighted by atomic mass is 9.91. The van der Waals surface area contributed by atoms with Gasteiger partial charge in [-0.05, 0) is 18.8 Å². The summed E-state index contributed by atoms with van der Waals surface area (Å²) in [7, 11) is -3.34. The number of hydrogen-bond donors (Lipinski definition) is 0. The Hall–Kier alpha value is -0.990. The van der Waals surface area contributed by atoms with Crippen molar-refractivity contribution in [2.45, 2.75) is 45.1 Å². The van der Waals surface area contributed by atoms with E-state index in [-0.39, 0.29) is 18.3 Å². The van der Waals surface area contributed by atoms with Crippen LogP contribution in [0.15, 0.2) is 4.52 Å². The quantitative estimate of drug-likeness (QED) is 0.835. The first-order valence-corrected chi connectivity index (χ1v) is 9.54. The van der Waals surface area contributed by atoms with Crippen molar-refractivity contribution in [3.05, 3.63) is 11.7 Å². The van der Waals surface area contributed by atoms with Crippen LogP contribution in [0.4, 0.5) is 0 Å². The van der Waals surface area contributed by atoms with E-state index in [0.29, 0.717) is 24.9 Å².